The molecule has 0 aliphatic heterocycles. The quantitative estimate of drug-likeness (QED) is 0.561. The molecule has 2 unspecified atom stereocenters. The first-order chi connectivity index (χ1) is 11.8. The molecule has 0 spiro atoms. The number of carbonyl (C=O) groups excluding carboxylic acids is 2. The number of rotatable bonds is 5. The molecule has 0 radical (unpaired) electrons. The average molecular weight is 320 g/mol. The first kappa shape index (κ1) is 16.6. The maximum atomic E-state index is 12.8. The molecule has 2 atom stereocenters. The molecular weight excluding hydrogens is 296 g/mol. The molecule has 24 heavy (non-hydrogen) atoms. The molecule has 0 bridgehead atoms. The standard InChI is InChI=1S/C22H24O2/c23-21-15-9-3-8-14-19(21)20(17-10-4-1-5-11-17)16-22(24)18-12-6-2-7-13-18/h1-2,4-7,10-13,19-20H,3,8-9,14-16H2. The van der Waals surface area contributed by atoms with E-state index < -0.39 is 0 Å². The molecule has 2 aromatic rings. The minimum atomic E-state index is -0.0254. The molecule has 1 aliphatic carbocycles. The normalized spacial score (nSPS) is 19.5. The van der Waals surface area contributed by atoms with Gasteiger partial charge in [-0.15, -0.1) is 0 Å². The van der Waals surface area contributed by atoms with Gasteiger partial charge in [0, 0.05) is 30.2 Å². The van der Waals surface area contributed by atoms with Gasteiger partial charge in [0.1, 0.15) is 5.78 Å². The zero-order chi connectivity index (χ0) is 16.8. The van der Waals surface area contributed by atoms with E-state index in [1.165, 1.54) is 0 Å². The Labute approximate surface area is 143 Å². The molecule has 2 aromatic carbocycles. The van der Waals surface area contributed by atoms with Crippen LogP contribution in [-0.2, 0) is 4.79 Å². The van der Waals surface area contributed by atoms with Gasteiger partial charge in [0.25, 0.3) is 0 Å². The third-order valence-electron chi connectivity index (χ3n) is 5.07. The fourth-order valence-corrected chi connectivity index (χ4v) is 3.75. The van der Waals surface area contributed by atoms with Crippen LogP contribution in [0.5, 0.6) is 0 Å². The van der Waals surface area contributed by atoms with Crippen LogP contribution in [0.25, 0.3) is 0 Å². The Morgan fingerprint density at radius 2 is 1.58 bits per heavy atom. The average Bonchev–Trinajstić information content (AvgIpc) is 2.85. The summed E-state index contributed by atoms with van der Waals surface area (Å²) in [5.74, 6) is 0.427. The van der Waals surface area contributed by atoms with Gasteiger partial charge >= 0.3 is 0 Å². The van der Waals surface area contributed by atoms with Crippen LogP contribution in [0.15, 0.2) is 60.7 Å². The first-order valence-corrected chi connectivity index (χ1v) is 8.91. The minimum Gasteiger partial charge on any atom is -0.299 e. The lowest BCUT2D eigenvalue weighted by Gasteiger charge is -2.25. The molecule has 0 heterocycles. The molecular formula is C22H24O2. The summed E-state index contributed by atoms with van der Waals surface area (Å²) in [4.78, 5) is 25.4. The fourth-order valence-electron chi connectivity index (χ4n) is 3.75. The lowest BCUT2D eigenvalue weighted by molar-refractivity contribution is -0.123. The summed E-state index contributed by atoms with van der Waals surface area (Å²) in [5.41, 5.74) is 1.85. The zero-order valence-corrected chi connectivity index (χ0v) is 14.0. The van der Waals surface area contributed by atoms with Crippen molar-refractivity contribution in [1.29, 1.82) is 0 Å². The summed E-state index contributed by atoms with van der Waals surface area (Å²) in [7, 11) is 0. The van der Waals surface area contributed by atoms with Gasteiger partial charge in [-0.3, -0.25) is 9.59 Å². The third-order valence-corrected chi connectivity index (χ3v) is 5.07. The number of Topliss-reactive ketones (excluding diaryl/α,β-unsaturated/α-hetero) is 2. The van der Waals surface area contributed by atoms with Crippen LogP contribution < -0.4 is 0 Å². The Hall–Kier alpha value is -2.22. The van der Waals surface area contributed by atoms with Gasteiger partial charge in [-0.1, -0.05) is 73.5 Å². The van der Waals surface area contributed by atoms with E-state index in [9.17, 15) is 9.59 Å². The predicted molar refractivity (Wildman–Crippen MR) is 96.2 cm³/mol. The van der Waals surface area contributed by atoms with Crippen LogP contribution in [0.4, 0.5) is 0 Å². The van der Waals surface area contributed by atoms with Crippen molar-refractivity contribution in [1.82, 2.24) is 0 Å². The minimum absolute atomic E-state index is 0.00972. The Bertz CT molecular complexity index is 676. The van der Waals surface area contributed by atoms with Gasteiger partial charge in [-0.05, 0) is 18.4 Å². The van der Waals surface area contributed by atoms with E-state index in [1.54, 1.807) is 0 Å². The van der Waals surface area contributed by atoms with Crippen molar-refractivity contribution in [2.75, 3.05) is 0 Å². The van der Waals surface area contributed by atoms with Crippen LogP contribution in [0.2, 0.25) is 0 Å². The van der Waals surface area contributed by atoms with Gasteiger partial charge in [0.2, 0.25) is 0 Å². The molecule has 0 N–H and O–H groups in total. The molecule has 3 rings (SSSR count). The van der Waals surface area contributed by atoms with Gasteiger partial charge in [-0.25, -0.2) is 0 Å². The second-order valence-electron chi connectivity index (χ2n) is 6.68. The maximum absolute atomic E-state index is 12.8. The van der Waals surface area contributed by atoms with Crippen LogP contribution in [0.1, 0.15) is 60.4 Å². The smallest absolute Gasteiger partial charge is 0.163 e. The highest BCUT2D eigenvalue weighted by Crippen LogP contribution is 2.36. The third kappa shape index (κ3) is 4.00. The van der Waals surface area contributed by atoms with E-state index in [-0.39, 0.29) is 17.6 Å². The van der Waals surface area contributed by atoms with E-state index in [0.717, 1.165) is 36.8 Å². The summed E-state index contributed by atoms with van der Waals surface area (Å²) in [5, 5.41) is 0. The van der Waals surface area contributed by atoms with E-state index in [1.807, 2.05) is 48.5 Å². The molecule has 2 nitrogen and oxygen atoms in total. The lowest BCUT2D eigenvalue weighted by Crippen LogP contribution is -2.23. The summed E-state index contributed by atoms with van der Waals surface area (Å²) in [6.07, 6.45) is 5.16. The maximum Gasteiger partial charge on any atom is 0.163 e. The summed E-state index contributed by atoms with van der Waals surface area (Å²) in [6, 6.07) is 19.5. The van der Waals surface area contributed by atoms with Crippen molar-refractivity contribution in [3.8, 4) is 0 Å². The van der Waals surface area contributed by atoms with Gasteiger partial charge in [-0.2, -0.15) is 0 Å². The first-order valence-electron chi connectivity index (χ1n) is 8.91. The largest absolute Gasteiger partial charge is 0.299 e. The van der Waals surface area contributed by atoms with Crippen molar-refractivity contribution >= 4 is 11.6 Å². The number of benzene rings is 2. The number of ketones is 2. The topological polar surface area (TPSA) is 34.1 Å². The lowest BCUT2D eigenvalue weighted by atomic mass is 9.77. The Kier molecular flexibility index (Phi) is 5.58. The molecule has 1 saturated carbocycles. The van der Waals surface area contributed by atoms with Crippen LogP contribution in [0, 0.1) is 5.92 Å². The van der Waals surface area contributed by atoms with E-state index >= 15 is 0 Å². The number of hydrogen-bond acceptors (Lipinski definition) is 2. The SMILES string of the molecule is O=C(CC(c1ccccc1)C1CCCCCC1=O)c1ccccc1. The molecule has 124 valence electrons. The molecule has 2 heteroatoms. The fraction of sp³-hybridized carbons (Fsp3) is 0.364. The van der Waals surface area contributed by atoms with Crippen molar-refractivity contribution in [3.05, 3.63) is 71.8 Å². The Balaban J connectivity index is 1.87. The zero-order valence-electron chi connectivity index (χ0n) is 14.0. The number of hydrogen-bond donors (Lipinski definition) is 0. The Morgan fingerprint density at radius 3 is 2.29 bits per heavy atom. The van der Waals surface area contributed by atoms with Gasteiger partial charge in [0.05, 0.1) is 0 Å². The predicted octanol–water partition coefficient (Wildman–Crippen LogP) is 5.19. The van der Waals surface area contributed by atoms with Crippen LogP contribution >= 0.6 is 0 Å². The molecule has 1 aliphatic rings. The van der Waals surface area contributed by atoms with Crippen LogP contribution in [-0.4, -0.2) is 11.6 Å². The summed E-state index contributed by atoms with van der Waals surface area (Å²) in [6.45, 7) is 0. The second-order valence-corrected chi connectivity index (χ2v) is 6.68. The van der Waals surface area contributed by atoms with Crippen molar-refractivity contribution in [3.63, 3.8) is 0 Å². The highest BCUT2D eigenvalue weighted by molar-refractivity contribution is 5.97. The Morgan fingerprint density at radius 1 is 0.917 bits per heavy atom. The van der Waals surface area contributed by atoms with Crippen LogP contribution in [0.3, 0.4) is 0 Å². The molecule has 0 aromatic heterocycles. The van der Waals surface area contributed by atoms with Crippen molar-refractivity contribution < 1.29 is 9.59 Å². The monoisotopic (exact) mass is 320 g/mol. The highest BCUT2D eigenvalue weighted by atomic mass is 16.1. The van der Waals surface area contributed by atoms with E-state index in [2.05, 4.69) is 12.1 Å². The van der Waals surface area contributed by atoms with Gasteiger partial charge < -0.3 is 0 Å². The van der Waals surface area contributed by atoms with Gasteiger partial charge in [0.15, 0.2) is 5.78 Å². The summed E-state index contributed by atoms with van der Waals surface area (Å²) < 4.78 is 0. The highest BCUT2D eigenvalue weighted by Gasteiger charge is 2.31. The molecule has 1 fully saturated rings. The number of carbonyl (C=O) groups is 2. The molecule has 0 saturated heterocycles. The van der Waals surface area contributed by atoms with E-state index in [0.29, 0.717) is 18.6 Å². The van der Waals surface area contributed by atoms with Crippen molar-refractivity contribution in [2.24, 2.45) is 5.92 Å². The molecule has 0 amide bonds. The van der Waals surface area contributed by atoms with E-state index in [4.69, 9.17) is 0 Å². The van der Waals surface area contributed by atoms with Crippen molar-refractivity contribution in [2.45, 2.75) is 44.4 Å². The summed E-state index contributed by atoms with van der Waals surface area (Å²) >= 11 is 0. The second kappa shape index (κ2) is 8.05.